The second kappa shape index (κ2) is 14.2. The monoisotopic (exact) mass is 731 g/mol. The predicted octanol–water partition coefficient (Wildman–Crippen LogP) is 13.0. The lowest BCUT2D eigenvalue weighted by molar-refractivity contribution is 0.658. The Morgan fingerprint density at radius 2 is 1.09 bits per heavy atom. The smallest absolute Gasteiger partial charge is 0.161 e. The largest absolute Gasteiger partial charge is 0.261 e. The molecule has 0 saturated carbocycles. The molecule has 7 aromatic carbocycles. The van der Waals surface area contributed by atoms with Gasteiger partial charge in [-0.3, -0.25) is 4.99 Å². The second-order valence-corrected chi connectivity index (χ2v) is 16.3. The molecule has 1 aliphatic carbocycles. The van der Waals surface area contributed by atoms with Gasteiger partial charge in [0.25, 0.3) is 0 Å². The highest BCUT2D eigenvalue weighted by atomic mass is 32.2. The highest BCUT2D eigenvalue weighted by Crippen LogP contribution is 2.56. The molecule has 1 aliphatic heterocycles. The number of benzene rings is 7. The van der Waals surface area contributed by atoms with Crippen LogP contribution in [0, 0.1) is 0 Å². The molecular weight excluding hydrogens is 695 g/mol. The summed E-state index contributed by atoms with van der Waals surface area (Å²) in [7, 11) is 0. The quantitative estimate of drug-likeness (QED) is 0.126. The van der Waals surface area contributed by atoms with Crippen LogP contribution < -0.4 is 0 Å². The highest BCUT2D eigenvalue weighted by Gasteiger charge is 2.37. The van der Waals surface area contributed by atoms with Gasteiger partial charge in [0, 0.05) is 36.1 Å². The molecule has 0 radical (unpaired) electrons. The first kappa shape index (κ1) is 34.0. The Kier molecular flexibility index (Phi) is 8.98. The third-order valence-electron chi connectivity index (χ3n) is 10.3. The molecule has 9 rings (SSSR count). The van der Waals surface area contributed by atoms with Crippen LogP contribution in [0.15, 0.2) is 198 Å². The fourth-order valence-electron chi connectivity index (χ4n) is 7.48. The minimum Gasteiger partial charge on any atom is -0.261 e. The topological polar surface area (TPSA) is 37.1 Å². The molecule has 5 heteroatoms. The molecule has 54 heavy (non-hydrogen) atoms. The van der Waals surface area contributed by atoms with Gasteiger partial charge in [-0.2, -0.15) is 0 Å². The standard InChI is InChI=1S/C49H37N3S2/c1-49(2)41-28-35(23-24-39(41)40-29-45-46(30-42(40)49)54-44-22-14-13-21-43(44)53-45)37-25-36(33-17-9-5-10-18-33)26-38(27-37)47(50-3)52-48(34-19-11-6-12-20-34)51-31-32-15-7-4-8-16-32/h4-30H,3,31H2,1-2H3. The Bertz CT molecular complexity index is 2610. The first-order valence-corrected chi connectivity index (χ1v) is 19.8. The zero-order chi connectivity index (χ0) is 36.6. The first-order valence-electron chi connectivity index (χ1n) is 18.1. The van der Waals surface area contributed by atoms with E-state index in [0.717, 1.165) is 38.9 Å². The van der Waals surface area contributed by atoms with E-state index in [1.165, 1.54) is 41.8 Å². The van der Waals surface area contributed by atoms with E-state index in [-0.39, 0.29) is 5.41 Å². The molecule has 7 aromatic rings. The van der Waals surface area contributed by atoms with Crippen molar-refractivity contribution in [3.8, 4) is 33.4 Å². The van der Waals surface area contributed by atoms with Crippen LogP contribution in [0.2, 0.25) is 0 Å². The van der Waals surface area contributed by atoms with Crippen molar-refractivity contribution in [1.29, 1.82) is 0 Å². The number of amidine groups is 2. The van der Waals surface area contributed by atoms with Crippen LogP contribution in [0.4, 0.5) is 0 Å². The molecule has 2 aliphatic rings. The lowest BCUT2D eigenvalue weighted by Gasteiger charge is -2.24. The summed E-state index contributed by atoms with van der Waals surface area (Å²) < 4.78 is 0. The first-order chi connectivity index (χ1) is 26.4. The van der Waals surface area contributed by atoms with Gasteiger partial charge in [-0.05, 0) is 105 Å². The van der Waals surface area contributed by atoms with Gasteiger partial charge in [0.2, 0.25) is 0 Å². The summed E-state index contributed by atoms with van der Waals surface area (Å²) in [6.45, 7) is 9.24. The Morgan fingerprint density at radius 3 is 1.78 bits per heavy atom. The Morgan fingerprint density at radius 1 is 0.500 bits per heavy atom. The van der Waals surface area contributed by atoms with Gasteiger partial charge in [0.1, 0.15) is 0 Å². The van der Waals surface area contributed by atoms with E-state index >= 15 is 0 Å². The molecule has 0 unspecified atom stereocenters. The molecule has 3 nitrogen and oxygen atoms in total. The fourth-order valence-corrected chi connectivity index (χ4v) is 9.75. The summed E-state index contributed by atoms with van der Waals surface area (Å²) in [5.41, 5.74) is 12.6. The summed E-state index contributed by atoms with van der Waals surface area (Å²) >= 11 is 3.76. The highest BCUT2D eigenvalue weighted by molar-refractivity contribution is 8.05. The minimum atomic E-state index is -0.160. The summed E-state index contributed by atoms with van der Waals surface area (Å²) in [6, 6.07) is 58.1. The van der Waals surface area contributed by atoms with Crippen LogP contribution in [0.3, 0.4) is 0 Å². The van der Waals surface area contributed by atoms with Crippen LogP contribution in [0.5, 0.6) is 0 Å². The molecular formula is C49H37N3S2. The van der Waals surface area contributed by atoms with E-state index in [0.29, 0.717) is 18.2 Å². The Balaban J connectivity index is 1.14. The predicted molar refractivity (Wildman–Crippen MR) is 229 cm³/mol. The lowest BCUT2D eigenvalue weighted by Crippen LogP contribution is -2.15. The van der Waals surface area contributed by atoms with E-state index in [9.17, 15) is 0 Å². The van der Waals surface area contributed by atoms with Crippen molar-refractivity contribution < 1.29 is 0 Å². The molecule has 1 heterocycles. The number of hydrogen-bond donors (Lipinski definition) is 0. The van der Waals surface area contributed by atoms with Gasteiger partial charge in [-0.25, -0.2) is 9.98 Å². The maximum Gasteiger partial charge on any atom is 0.161 e. The zero-order valence-corrected chi connectivity index (χ0v) is 31.8. The molecule has 0 spiro atoms. The number of nitrogens with zero attached hydrogens (tertiary/aromatic N) is 3. The summed E-state index contributed by atoms with van der Waals surface area (Å²) in [5, 5.41) is 0. The maximum absolute atomic E-state index is 5.11. The van der Waals surface area contributed by atoms with E-state index in [2.05, 4.69) is 141 Å². The third-order valence-corrected chi connectivity index (χ3v) is 12.8. The molecule has 260 valence electrons. The normalized spacial score (nSPS) is 14.1. The van der Waals surface area contributed by atoms with E-state index in [4.69, 9.17) is 9.98 Å². The van der Waals surface area contributed by atoms with Crippen LogP contribution in [0.25, 0.3) is 33.4 Å². The average molecular weight is 732 g/mol. The molecule has 0 aromatic heterocycles. The van der Waals surface area contributed by atoms with Crippen LogP contribution in [0.1, 0.15) is 41.7 Å². The molecule has 0 amide bonds. The molecule has 0 saturated heterocycles. The van der Waals surface area contributed by atoms with Gasteiger partial charge < -0.3 is 0 Å². The summed E-state index contributed by atoms with van der Waals surface area (Å²) in [6.07, 6.45) is 0. The van der Waals surface area contributed by atoms with Gasteiger partial charge in [-0.15, -0.1) is 0 Å². The fraction of sp³-hybridized carbons (Fsp3) is 0.0816. The lowest BCUT2D eigenvalue weighted by atomic mass is 9.81. The van der Waals surface area contributed by atoms with Crippen molar-refractivity contribution in [1.82, 2.24) is 0 Å². The van der Waals surface area contributed by atoms with Crippen LogP contribution >= 0.6 is 23.5 Å². The summed E-state index contributed by atoms with van der Waals surface area (Å²) in [5.74, 6) is 1.15. The number of fused-ring (bicyclic) bond motifs is 5. The van der Waals surface area contributed by atoms with E-state index < -0.39 is 0 Å². The molecule has 0 fully saturated rings. The van der Waals surface area contributed by atoms with Gasteiger partial charge >= 0.3 is 0 Å². The summed E-state index contributed by atoms with van der Waals surface area (Å²) in [4.78, 5) is 20.0. The average Bonchev–Trinajstić information content (AvgIpc) is 3.44. The van der Waals surface area contributed by atoms with Crippen molar-refractivity contribution in [2.45, 2.75) is 45.4 Å². The number of rotatable bonds is 6. The van der Waals surface area contributed by atoms with Gasteiger partial charge in [0.05, 0.1) is 6.54 Å². The SMILES string of the molecule is C=NC(=NC(=NCc1ccccc1)c1ccccc1)c1cc(-c2ccccc2)cc(-c2ccc3c(c2)C(C)(C)c2cc4c(cc2-3)Sc2ccccc2S4)c1. The van der Waals surface area contributed by atoms with Crippen molar-refractivity contribution in [2.75, 3.05) is 0 Å². The van der Waals surface area contributed by atoms with Crippen molar-refractivity contribution in [3.05, 3.63) is 192 Å². The van der Waals surface area contributed by atoms with Crippen LogP contribution in [-0.4, -0.2) is 18.4 Å². The molecule has 0 N–H and O–H groups in total. The van der Waals surface area contributed by atoms with Crippen molar-refractivity contribution >= 4 is 41.9 Å². The maximum atomic E-state index is 5.11. The van der Waals surface area contributed by atoms with E-state index in [1.807, 2.05) is 72.1 Å². The van der Waals surface area contributed by atoms with E-state index in [1.54, 1.807) is 0 Å². The van der Waals surface area contributed by atoms with Crippen molar-refractivity contribution in [3.63, 3.8) is 0 Å². The zero-order valence-electron chi connectivity index (χ0n) is 30.2. The van der Waals surface area contributed by atoms with Crippen LogP contribution in [-0.2, 0) is 12.0 Å². The molecule has 0 bridgehead atoms. The van der Waals surface area contributed by atoms with Crippen molar-refractivity contribution in [2.24, 2.45) is 15.0 Å². The third kappa shape index (κ3) is 6.44. The van der Waals surface area contributed by atoms with Gasteiger partial charge in [0.15, 0.2) is 11.7 Å². The molecule has 0 atom stereocenters. The second-order valence-electron chi connectivity index (χ2n) is 14.1. The minimum absolute atomic E-state index is 0.160. The number of aliphatic imine (C=N–C) groups is 3. The number of hydrogen-bond acceptors (Lipinski definition) is 3. The van der Waals surface area contributed by atoms with Gasteiger partial charge in [-0.1, -0.05) is 153 Å². The Hall–Kier alpha value is -5.75. The Labute approximate surface area is 325 Å².